The number of anilines is 1. The first-order chi connectivity index (χ1) is 9.61. The van der Waals surface area contributed by atoms with Crippen LogP contribution in [0.5, 0.6) is 0 Å². The number of benzene rings is 1. The lowest BCUT2D eigenvalue weighted by Gasteiger charge is -2.29. The number of carbonyl (C=O) groups is 1. The Morgan fingerprint density at radius 1 is 1.48 bits per heavy atom. The van der Waals surface area contributed by atoms with Gasteiger partial charge >= 0.3 is 0 Å². The molecule has 0 aromatic heterocycles. The van der Waals surface area contributed by atoms with E-state index in [1.807, 2.05) is 12.1 Å². The molecule has 4 N–H and O–H groups in total. The minimum absolute atomic E-state index is 0.176. The van der Waals surface area contributed by atoms with E-state index in [9.17, 15) is 9.90 Å². The van der Waals surface area contributed by atoms with Crippen LogP contribution in [0.4, 0.5) is 5.69 Å². The van der Waals surface area contributed by atoms with Crippen molar-refractivity contribution in [3.8, 4) is 0 Å². The smallest absolute Gasteiger partial charge is 0.241 e. The van der Waals surface area contributed by atoms with Gasteiger partial charge in [0.1, 0.15) is 4.99 Å². The molecule has 1 aromatic carbocycles. The van der Waals surface area contributed by atoms with Gasteiger partial charge in [-0.3, -0.25) is 9.69 Å². The summed E-state index contributed by atoms with van der Waals surface area (Å²) in [5.41, 5.74) is 6.02. The second-order valence-electron chi connectivity index (χ2n) is 5.80. The van der Waals surface area contributed by atoms with E-state index in [1.54, 1.807) is 44.9 Å². The molecular formula is C15H23N3O2S. The third-order valence-electron chi connectivity index (χ3n) is 3.13. The van der Waals surface area contributed by atoms with Gasteiger partial charge in [0.05, 0.1) is 17.3 Å². The van der Waals surface area contributed by atoms with Crippen LogP contribution < -0.4 is 11.1 Å². The molecular weight excluding hydrogens is 286 g/mol. The maximum Gasteiger partial charge on any atom is 0.241 e. The Kier molecular flexibility index (Phi) is 5.83. The van der Waals surface area contributed by atoms with E-state index in [-0.39, 0.29) is 10.9 Å². The monoisotopic (exact) mass is 309 g/mol. The molecule has 0 bridgehead atoms. The zero-order chi connectivity index (χ0) is 16.2. The predicted molar refractivity (Wildman–Crippen MR) is 89.3 cm³/mol. The lowest BCUT2D eigenvalue weighted by atomic mass is 10.1. The fourth-order valence-corrected chi connectivity index (χ4v) is 2.17. The van der Waals surface area contributed by atoms with Crippen molar-refractivity contribution in [2.45, 2.75) is 32.4 Å². The normalized spacial score (nSPS) is 13.0. The van der Waals surface area contributed by atoms with Crippen molar-refractivity contribution in [2.24, 2.45) is 5.73 Å². The zero-order valence-corrected chi connectivity index (χ0v) is 13.7. The zero-order valence-electron chi connectivity index (χ0n) is 12.9. The second-order valence-corrected chi connectivity index (χ2v) is 6.24. The van der Waals surface area contributed by atoms with Crippen molar-refractivity contribution < 1.29 is 9.90 Å². The third kappa shape index (κ3) is 5.41. The van der Waals surface area contributed by atoms with Crippen molar-refractivity contribution in [1.29, 1.82) is 0 Å². The average Bonchev–Trinajstić information content (AvgIpc) is 2.36. The van der Waals surface area contributed by atoms with Gasteiger partial charge < -0.3 is 16.2 Å². The number of nitrogens with one attached hydrogen (secondary N) is 1. The van der Waals surface area contributed by atoms with Gasteiger partial charge in [0.25, 0.3) is 0 Å². The predicted octanol–water partition coefficient (Wildman–Crippen LogP) is 1.35. The van der Waals surface area contributed by atoms with Gasteiger partial charge in [0.2, 0.25) is 5.91 Å². The van der Waals surface area contributed by atoms with Gasteiger partial charge in [-0.1, -0.05) is 24.4 Å². The highest BCUT2D eigenvalue weighted by molar-refractivity contribution is 7.80. The first-order valence-electron chi connectivity index (χ1n) is 6.74. The fourth-order valence-electron chi connectivity index (χ4n) is 1.99. The van der Waals surface area contributed by atoms with Gasteiger partial charge in [-0.25, -0.2) is 0 Å². The number of para-hydroxylation sites is 1. The summed E-state index contributed by atoms with van der Waals surface area (Å²) >= 11 is 4.97. The summed E-state index contributed by atoms with van der Waals surface area (Å²) in [5.74, 6) is -0.176. The van der Waals surface area contributed by atoms with Crippen molar-refractivity contribution >= 4 is 28.8 Å². The van der Waals surface area contributed by atoms with Crippen molar-refractivity contribution in [1.82, 2.24) is 4.90 Å². The second kappa shape index (κ2) is 6.98. The molecule has 0 aliphatic rings. The lowest BCUT2D eigenvalue weighted by molar-refractivity contribution is -0.121. The number of aliphatic hydroxyl groups is 1. The Bertz CT molecular complexity index is 526. The van der Waals surface area contributed by atoms with E-state index < -0.39 is 11.6 Å². The summed E-state index contributed by atoms with van der Waals surface area (Å²) in [4.78, 5) is 14.3. The first-order valence-corrected chi connectivity index (χ1v) is 7.15. The fraction of sp³-hybridized carbons (Fsp3) is 0.467. The van der Waals surface area contributed by atoms with Crippen LogP contribution in [0.15, 0.2) is 24.3 Å². The molecule has 1 unspecified atom stereocenters. The van der Waals surface area contributed by atoms with Gasteiger partial charge in [0, 0.05) is 12.1 Å². The van der Waals surface area contributed by atoms with Crippen LogP contribution in [0.3, 0.4) is 0 Å². The lowest BCUT2D eigenvalue weighted by Crippen LogP contribution is -2.46. The molecule has 0 aliphatic carbocycles. The summed E-state index contributed by atoms with van der Waals surface area (Å²) < 4.78 is 0. The maximum atomic E-state index is 12.3. The standard InChI is InChI=1S/C15H23N3O2S/c1-10(18(4)9-15(2,3)20)14(19)17-12-8-6-5-7-11(12)13(16)21/h5-8,10,20H,9H2,1-4H3,(H2,16,21)(H,17,19). The van der Waals surface area contributed by atoms with E-state index in [0.29, 0.717) is 17.8 Å². The van der Waals surface area contributed by atoms with Gasteiger partial charge in [-0.05, 0) is 40.0 Å². The van der Waals surface area contributed by atoms with Crippen LogP contribution >= 0.6 is 12.2 Å². The highest BCUT2D eigenvalue weighted by atomic mass is 32.1. The molecule has 6 heteroatoms. The Hall–Kier alpha value is -1.50. The minimum Gasteiger partial charge on any atom is -0.389 e. The summed E-state index contributed by atoms with van der Waals surface area (Å²) in [6.45, 7) is 5.58. The number of carbonyl (C=O) groups excluding carboxylic acids is 1. The van der Waals surface area contributed by atoms with Crippen LogP contribution in [-0.4, -0.2) is 46.1 Å². The maximum absolute atomic E-state index is 12.3. The molecule has 0 spiro atoms. The average molecular weight is 309 g/mol. The summed E-state index contributed by atoms with van der Waals surface area (Å²) in [5, 5.41) is 12.6. The molecule has 0 radical (unpaired) electrons. The molecule has 1 atom stereocenters. The van der Waals surface area contributed by atoms with Crippen LogP contribution in [0.25, 0.3) is 0 Å². The Labute approximate surface area is 131 Å². The van der Waals surface area contributed by atoms with Crippen LogP contribution in [-0.2, 0) is 4.79 Å². The van der Waals surface area contributed by atoms with Gasteiger partial charge in [0.15, 0.2) is 0 Å². The quantitative estimate of drug-likeness (QED) is 0.691. The largest absolute Gasteiger partial charge is 0.389 e. The van der Waals surface area contributed by atoms with E-state index in [0.717, 1.165) is 0 Å². The Morgan fingerprint density at radius 3 is 2.57 bits per heavy atom. The van der Waals surface area contributed by atoms with Gasteiger partial charge in [-0.2, -0.15) is 0 Å². The van der Waals surface area contributed by atoms with Crippen molar-refractivity contribution in [2.75, 3.05) is 18.9 Å². The Balaban J connectivity index is 2.80. The molecule has 0 heterocycles. The van der Waals surface area contributed by atoms with Crippen molar-refractivity contribution in [3.05, 3.63) is 29.8 Å². The van der Waals surface area contributed by atoms with E-state index in [2.05, 4.69) is 5.32 Å². The topological polar surface area (TPSA) is 78.6 Å². The number of amides is 1. The van der Waals surface area contributed by atoms with Crippen LogP contribution in [0, 0.1) is 0 Å². The molecule has 5 nitrogen and oxygen atoms in total. The first kappa shape index (κ1) is 17.6. The third-order valence-corrected chi connectivity index (χ3v) is 3.35. The molecule has 1 rings (SSSR count). The molecule has 116 valence electrons. The summed E-state index contributed by atoms with van der Waals surface area (Å²) in [7, 11) is 1.79. The van der Waals surface area contributed by atoms with Gasteiger partial charge in [-0.15, -0.1) is 0 Å². The molecule has 0 fully saturated rings. The number of hydrogen-bond donors (Lipinski definition) is 3. The minimum atomic E-state index is -0.861. The number of thiocarbonyl (C=S) groups is 1. The number of hydrogen-bond acceptors (Lipinski definition) is 4. The molecule has 0 saturated carbocycles. The molecule has 0 aliphatic heterocycles. The molecule has 0 saturated heterocycles. The number of nitrogens with zero attached hydrogens (tertiary/aromatic N) is 1. The van der Waals surface area contributed by atoms with Crippen LogP contribution in [0.1, 0.15) is 26.3 Å². The van der Waals surface area contributed by atoms with E-state index in [1.165, 1.54) is 0 Å². The highest BCUT2D eigenvalue weighted by Crippen LogP contribution is 2.16. The number of rotatable bonds is 6. The summed E-state index contributed by atoms with van der Waals surface area (Å²) in [6, 6.07) is 6.75. The number of nitrogens with two attached hydrogens (primary N) is 1. The SMILES string of the molecule is CC(C(=O)Nc1ccccc1C(N)=S)N(C)CC(C)(C)O. The Morgan fingerprint density at radius 2 is 2.05 bits per heavy atom. The van der Waals surface area contributed by atoms with Crippen molar-refractivity contribution in [3.63, 3.8) is 0 Å². The molecule has 21 heavy (non-hydrogen) atoms. The molecule has 1 amide bonds. The highest BCUT2D eigenvalue weighted by Gasteiger charge is 2.24. The summed E-state index contributed by atoms with van der Waals surface area (Å²) in [6.07, 6.45) is 0. The van der Waals surface area contributed by atoms with Crippen LogP contribution in [0.2, 0.25) is 0 Å². The molecule has 1 aromatic rings. The van der Waals surface area contributed by atoms with E-state index in [4.69, 9.17) is 18.0 Å². The van der Waals surface area contributed by atoms with E-state index >= 15 is 0 Å². The number of likely N-dealkylation sites (N-methyl/N-ethyl adjacent to an activating group) is 1.